The number of amides is 1. The summed E-state index contributed by atoms with van der Waals surface area (Å²) < 4.78 is 209. The molecule has 5 aromatic rings. The van der Waals surface area contributed by atoms with Gasteiger partial charge in [0.25, 0.3) is 0 Å². The first kappa shape index (κ1) is 108. The predicted molar refractivity (Wildman–Crippen MR) is 445 cm³/mol. The molecule has 44 heteroatoms. The monoisotopic (exact) mass is 1940 g/mol. The Morgan fingerprint density at radius 3 is 1.20 bits per heavy atom. The molecule has 0 saturated carbocycles. The van der Waals surface area contributed by atoms with E-state index >= 15 is 0 Å². The standard InChI is InChI=1S/C25H32F3N3O3S.C16H22BF3O3.C15H22BrN3O2S.C9H13F3N2O3S.C8H8BrNO.C4H6O4.C2H3BO2.Na/c1-5-23-22(21-10-6-17(12-16(21)2)24(3,32)25(26,27)28)11-7-18(29-23)13-30-14-19-8-9-20(15-30)31(19)35(4,33)34;1-10-9-11(15(6,21)16(18,19)20)7-8-12(10)17-22-13(2,3)14(4,5)23-17;1-3-15-14(16)7-4-11(17-15)8-18-9-12-5-6-13(10-18)19(12)22(2,20)21;1-18(16,17)14-6-2-3-7(14)5-13(4-6)8(15)9(10,11)12;1-2-8-7(9)4-3-6(5-11)10-8;1-3(5)7-8-4(2)6;1-2(4)5-3;/h6-7,10-12,19-20,32H,5,8-9,13-15H2,1-4H3;7-9,21H,1-6H3;4,7,12-13H,3,5-6,8-10H2,1-2H3;6-7H,2-5H2,1H3;3-5H,2H2,1H3;1-2H3;1H3;/q;;;;;;-1;+1. The minimum Gasteiger partial charge on any atom is -0.793 e. The third-order valence-corrected chi connectivity index (χ3v) is 27.4. The third-order valence-electron chi connectivity index (χ3n) is 21.9. The molecule has 0 spiro atoms. The zero-order valence-electron chi connectivity index (χ0n) is 72.0. The number of hydrogen-bond acceptors (Lipinski definition) is 23. The Kier molecular flexibility index (Phi) is 38.3. The van der Waals surface area contributed by atoms with Crippen LogP contribution in [0.3, 0.4) is 0 Å². The van der Waals surface area contributed by atoms with E-state index in [-0.39, 0.29) is 77.9 Å². The molecule has 2 aromatic carbocycles. The van der Waals surface area contributed by atoms with Gasteiger partial charge in [-0.15, -0.1) is 0 Å². The number of benzene rings is 2. The van der Waals surface area contributed by atoms with Gasteiger partial charge in [-0.05, 0) is 203 Å². The first-order valence-corrected chi connectivity index (χ1v) is 46.1. The molecule has 12 rings (SSSR count). The van der Waals surface area contributed by atoms with Crippen molar-refractivity contribution in [2.45, 2.75) is 245 Å². The van der Waals surface area contributed by atoms with Crippen LogP contribution in [0.4, 0.5) is 39.5 Å². The number of aldehydes is 1. The molecule has 27 nitrogen and oxygen atoms in total. The summed E-state index contributed by atoms with van der Waals surface area (Å²) in [5, 5.41) is 19.8. The Morgan fingerprint density at radius 2 is 0.870 bits per heavy atom. The number of aryl methyl sites for hydroxylation is 5. The van der Waals surface area contributed by atoms with Crippen LogP contribution in [0, 0.1) is 13.8 Å². The van der Waals surface area contributed by atoms with Crippen molar-refractivity contribution in [3.05, 3.63) is 138 Å². The van der Waals surface area contributed by atoms with Crippen LogP contribution in [0.15, 0.2) is 81.7 Å². The molecule has 8 unspecified atom stereocenters. The summed E-state index contributed by atoms with van der Waals surface area (Å²) in [5.41, 5.74) is 1.50. The van der Waals surface area contributed by atoms with Crippen molar-refractivity contribution in [3.63, 3.8) is 0 Å². The van der Waals surface area contributed by atoms with E-state index in [2.05, 4.69) is 82.1 Å². The van der Waals surface area contributed by atoms with Gasteiger partial charge in [0, 0.05) is 130 Å². The van der Waals surface area contributed by atoms with Crippen LogP contribution in [0.1, 0.15) is 183 Å². The van der Waals surface area contributed by atoms with Crippen LogP contribution in [0.25, 0.3) is 11.1 Å². The maximum atomic E-state index is 13.3. The summed E-state index contributed by atoms with van der Waals surface area (Å²) >= 11 is 6.87. The van der Waals surface area contributed by atoms with Crippen LogP contribution < -0.4 is 35.0 Å². The fraction of sp³-hybridized carbons (Fsp3) is 0.595. The first-order valence-electron chi connectivity index (χ1n) is 39.0. The van der Waals surface area contributed by atoms with Crippen molar-refractivity contribution >= 4 is 113 Å². The van der Waals surface area contributed by atoms with Gasteiger partial charge in [0.2, 0.25) is 36.0 Å². The molecule has 6 bridgehead atoms. The van der Waals surface area contributed by atoms with Crippen LogP contribution in [-0.2, 0) is 117 Å². The number of sulfonamides is 3. The maximum absolute atomic E-state index is 13.3. The Bertz CT molecular complexity index is 4830. The van der Waals surface area contributed by atoms with Gasteiger partial charge in [-0.1, -0.05) is 68.8 Å². The molecule has 3 aromatic heterocycles. The fourth-order valence-corrected chi connectivity index (χ4v) is 20.5. The SMILES string of the molecule is CC(=O)OOC(C)=O.CCc1nc(C=O)ccc1Br.CCc1nc(CN2CC3CCC(C2)N3S(C)(=O)=O)ccc1-c1ccc(C(C)(O)C(F)(F)F)cc1C.CCc1nc(CN2CC3CCC(C2)N3S(C)(=O)=O)ccc1Br.CS(=O)(=O)N1C2CCC1CN(C(=O)C(F)(F)F)C2.Cc1cc(C(C)(O)C(F)(F)F)ccc1B1OC(C)(C)C(C)(C)O1.[B-]OC(C)=O.[Na+]. The van der Waals surface area contributed by atoms with Crippen molar-refractivity contribution < 1.29 is 152 Å². The van der Waals surface area contributed by atoms with Gasteiger partial charge in [0.05, 0.1) is 52.7 Å². The average Bonchev–Trinajstić information content (AvgIpc) is 1.68. The second-order valence-electron chi connectivity index (χ2n) is 32.0. The normalized spacial score (nSPS) is 21.7. The summed E-state index contributed by atoms with van der Waals surface area (Å²) in [6.07, 6.45) is -2.92. The van der Waals surface area contributed by atoms with E-state index in [0.717, 1.165) is 147 Å². The van der Waals surface area contributed by atoms with Crippen molar-refractivity contribution in [2.75, 3.05) is 58.0 Å². The van der Waals surface area contributed by atoms with Crippen molar-refractivity contribution in [3.8, 4) is 11.1 Å². The maximum Gasteiger partial charge on any atom is 1.00 e. The van der Waals surface area contributed by atoms with Gasteiger partial charge in [-0.3, -0.25) is 34.2 Å². The molecule has 7 saturated heterocycles. The summed E-state index contributed by atoms with van der Waals surface area (Å²) in [6.45, 7) is 26.2. The van der Waals surface area contributed by atoms with Crippen molar-refractivity contribution in [1.82, 2.24) is 42.6 Å². The molecule has 7 aliphatic rings. The fourth-order valence-electron chi connectivity index (χ4n) is 15.2. The van der Waals surface area contributed by atoms with Gasteiger partial charge >= 0.3 is 73.1 Å². The quantitative estimate of drug-likeness (QED) is 0.0328. The zero-order valence-corrected chi connectivity index (χ0v) is 79.6. The number of carbonyl (C=O) groups excluding carboxylic acids is 5. The molecular weight excluding hydrogens is 1830 g/mol. The van der Waals surface area contributed by atoms with E-state index in [0.29, 0.717) is 66.1 Å². The summed E-state index contributed by atoms with van der Waals surface area (Å²) in [6, 6.07) is 19.2. The number of aliphatic hydroxyl groups is 2. The molecule has 3 radical (unpaired) electrons. The Hall–Kier alpha value is -5.61. The van der Waals surface area contributed by atoms with Crippen LogP contribution >= 0.6 is 31.9 Å². The van der Waals surface area contributed by atoms with E-state index in [9.17, 15) is 99.0 Å². The average molecular weight is 1940 g/mol. The van der Waals surface area contributed by atoms with Gasteiger partial charge < -0.3 is 37.1 Å². The van der Waals surface area contributed by atoms with Crippen LogP contribution in [0.5, 0.6) is 0 Å². The number of aromatic nitrogens is 3. The molecule has 0 aliphatic carbocycles. The number of pyridine rings is 3. The van der Waals surface area contributed by atoms with Crippen molar-refractivity contribution in [1.29, 1.82) is 0 Å². The van der Waals surface area contributed by atoms with Crippen LogP contribution in [0.2, 0.25) is 0 Å². The van der Waals surface area contributed by atoms with E-state index in [1.807, 2.05) is 65.8 Å². The molecular formula is C79H106B2Br2F9N9NaO18S3. The molecule has 1 amide bonds. The topological polar surface area (TPSA) is 332 Å². The van der Waals surface area contributed by atoms with E-state index < -0.39 is 114 Å². The second-order valence-corrected chi connectivity index (χ2v) is 39.4. The number of nitrogens with zero attached hydrogens (tertiary/aromatic N) is 9. The van der Waals surface area contributed by atoms with Gasteiger partial charge in [-0.2, -0.15) is 52.4 Å². The molecule has 8 atom stereocenters. The number of carbonyl (C=O) groups is 5. The van der Waals surface area contributed by atoms with E-state index in [4.69, 9.17) is 19.3 Å². The van der Waals surface area contributed by atoms with E-state index in [1.165, 1.54) is 54.1 Å². The number of halogens is 11. The largest absolute Gasteiger partial charge is 1.00 e. The summed E-state index contributed by atoms with van der Waals surface area (Å²) in [5.74, 6) is -3.63. The van der Waals surface area contributed by atoms with Gasteiger partial charge in [0.1, 0.15) is 5.69 Å². The van der Waals surface area contributed by atoms with Gasteiger partial charge in [0.15, 0.2) is 17.5 Å². The molecule has 123 heavy (non-hydrogen) atoms. The van der Waals surface area contributed by atoms with Gasteiger partial charge in [-0.25, -0.2) is 49.6 Å². The minimum absolute atomic E-state index is 0. The number of likely N-dealkylation sites (tertiary alicyclic amines) is 3. The zero-order chi connectivity index (χ0) is 92.3. The second kappa shape index (κ2) is 43.7. The number of alkyl halides is 9. The Morgan fingerprint density at radius 1 is 0.537 bits per heavy atom. The van der Waals surface area contributed by atoms with Crippen molar-refractivity contribution in [2.24, 2.45) is 0 Å². The molecule has 7 fully saturated rings. The minimum atomic E-state index is -4.90. The number of piperazine rings is 3. The number of fused-ring (bicyclic) bond motifs is 6. The smallest absolute Gasteiger partial charge is 0.793 e. The Labute approximate surface area is 754 Å². The Balaban J connectivity index is 0.000000272. The van der Waals surface area contributed by atoms with E-state index in [1.54, 1.807) is 34.6 Å². The number of hydrogen-bond donors (Lipinski definition) is 2. The molecule has 2 N–H and O–H groups in total. The molecule has 677 valence electrons. The number of rotatable bonds is 15. The third kappa shape index (κ3) is 28.7. The summed E-state index contributed by atoms with van der Waals surface area (Å²) in [7, 11) is -6.06. The summed E-state index contributed by atoms with van der Waals surface area (Å²) in [4.78, 5) is 77.2. The first-order chi connectivity index (χ1) is 56.1. The predicted octanol–water partition coefficient (Wildman–Crippen LogP) is 8.14. The van der Waals surface area contributed by atoms with Crippen LogP contribution in [-0.4, -0.2) is 247 Å². The molecule has 7 aliphatic heterocycles. The molecule has 10 heterocycles.